The van der Waals surface area contributed by atoms with Crippen LogP contribution in [0.25, 0.3) is 0 Å². The van der Waals surface area contributed by atoms with Gasteiger partial charge in [-0.1, -0.05) is 17.7 Å². The Morgan fingerprint density at radius 1 is 1.38 bits per heavy atom. The van der Waals surface area contributed by atoms with Crippen LogP contribution in [0.5, 0.6) is 0 Å². The van der Waals surface area contributed by atoms with Crippen LogP contribution in [0.3, 0.4) is 0 Å². The third-order valence-corrected chi connectivity index (χ3v) is 4.59. The summed E-state index contributed by atoms with van der Waals surface area (Å²) in [4.78, 5) is 12.6. The molecule has 0 saturated carbocycles. The number of halogens is 3. The van der Waals surface area contributed by atoms with Crippen molar-refractivity contribution in [3.8, 4) is 0 Å². The number of fused-ring (bicyclic) bond motifs is 1. The molecule has 1 unspecified atom stereocenters. The van der Waals surface area contributed by atoms with Crippen LogP contribution in [0.4, 0.5) is 8.78 Å². The fraction of sp³-hybridized carbons (Fsp3) is 0.412. The Bertz CT molecular complexity index is 788. The lowest BCUT2D eigenvalue weighted by Crippen LogP contribution is -2.35. The summed E-state index contributed by atoms with van der Waals surface area (Å²) in [5.41, 5.74) is 3.61. The summed E-state index contributed by atoms with van der Waals surface area (Å²) in [5, 5.41) is 7.72. The maximum absolute atomic E-state index is 12.6. The van der Waals surface area contributed by atoms with Gasteiger partial charge in [-0.15, -0.1) is 0 Å². The van der Waals surface area contributed by atoms with Gasteiger partial charge < -0.3 is 5.32 Å². The Kier molecular flexibility index (Phi) is 4.58. The van der Waals surface area contributed by atoms with E-state index < -0.39 is 13.0 Å². The molecule has 1 aromatic heterocycles. The van der Waals surface area contributed by atoms with Gasteiger partial charge in [-0.05, 0) is 49.9 Å². The monoisotopic (exact) mass is 353 g/mol. The van der Waals surface area contributed by atoms with Gasteiger partial charge >= 0.3 is 0 Å². The minimum atomic E-state index is -2.51. The van der Waals surface area contributed by atoms with Crippen LogP contribution in [0.1, 0.15) is 32.9 Å². The molecule has 1 aliphatic carbocycles. The van der Waals surface area contributed by atoms with Gasteiger partial charge in [0.2, 0.25) is 0 Å². The van der Waals surface area contributed by atoms with E-state index in [0.29, 0.717) is 28.4 Å². The predicted octanol–water partition coefficient (Wildman–Crippen LogP) is 3.32. The maximum Gasteiger partial charge on any atom is 0.257 e. The van der Waals surface area contributed by atoms with E-state index in [2.05, 4.69) is 10.4 Å². The summed E-state index contributed by atoms with van der Waals surface area (Å²) in [6.45, 7) is 2.79. The molecule has 0 spiro atoms. The van der Waals surface area contributed by atoms with Crippen LogP contribution >= 0.6 is 11.6 Å². The van der Waals surface area contributed by atoms with Crippen LogP contribution < -0.4 is 5.32 Å². The molecule has 1 aliphatic rings. The van der Waals surface area contributed by atoms with Gasteiger partial charge in [0.1, 0.15) is 6.54 Å². The first-order valence-electron chi connectivity index (χ1n) is 7.75. The maximum atomic E-state index is 12.6. The number of hydrogen-bond acceptors (Lipinski definition) is 2. The Labute approximate surface area is 143 Å². The summed E-state index contributed by atoms with van der Waals surface area (Å²) in [6, 6.07) is 5.71. The van der Waals surface area contributed by atoms with Crippen molar-refractivity contribution in [3.63, 3.8) is 0 Å². The molecule has 7 heteroatoms. The molecule has 4 nitrogen and oxygen atoms in total. The molecule has 24 heavy (non-hydrogen) atoms. The van der Waals surface area contributed by atoms with E-state index in [0.717, 1.165) is 12.0 Å². The van der Waals surface area contributed by atoms with E-state index in [9.17, 15) is 13.6 Å². The molecule has 0 radical (unpaired) electrons. The summed E-state index contributed by atoms with van der Waals surface area (Å²) < 4.78 is 26.4. The van der Waals surface area contributed by atoms with E-state index in [1.807, 2.05) is 18.2 Å². The van der Waals surface area contributed by atoms with Crippen molar-refractivity contribution in [1.82, 2.24) is 15.1 Å². The molecular formula is C17H18ClF2N3O. The molecular weight excluding hydrogens is 336 g/mol. The van der Waals surface area contributed by atoms with Crippen LogP contribution in [-0.2, 0) is 19.4 Å². The van der Waals surface area contributed by atoms with Crippen molar-refractivity contribution in [2.24, 2.45) is 0 Å². The second kappa shape index (κ2) is 6.51. The van der Waals surface area contributed by atoms with Crippen molar-refractivity contribution < 1.29 is 13.6 Å². The molecule has 1 heterocycles. The number of hydrogen-bond donors (Lipinski definition) is 1. The number of carbonyl (C=O) groups is 1. The quantitative estimate of drug-likeness (QED) is 0.916. The lowest BCUT2D eigenvalue weighted by atomic mass is 10.1. The zero-order valence-corrected chi connectivity index (χ0v) is 14.2. The summed E-state index contributed by atoms with van der Waals surface area (Å²) in [7, 11) is 0. The van der Waals surface area contributed by atoms with Gasteiger partial charge in [-0.2, -0.15) is 5.10 Å². The highest BCUT2D eigenvalue weighted by atomic mass is 35.5. The molecule has 0 bridgehead atoms. The third-order valence-electron chi connectivity index (χ3n) is 4.36. The molecule has 2 aromatic rings. The van der Waals surface area contributed by atoms with Crippen molar-refractivity contribution in [3.05, 3.63) is 51.3 Å². The Balaban J connectivity index is 1.74. The standard InChI is InChI=1S/C17H18ClF2N3O/c1-9-16(10(2)23(22-9)8-15(19)20)17(24)21-14-6-11-3-4-13(18)5-12(11)7-14/h3-5,14-15H,6-8H2,1-2H3,(H,21,24). The molecule has 0 fully saturated rings. The van der Waals surface area contributed by atoms with Gasteiger partial charge in [-0.25, -0.2) is 8.78 Å². The first kappa shape index (κ1) is 16.9. The van der Waals surface area contributed by atoms with Crippen molar-refractivity contribution >= 4 is 17.5 Å². The zero-order valence-electron chi connectivity index (χ0n) is 13.4. The van der Waals surface area contributed by atoms with Crippen LogP contribution in [0, 0.1) is 13.8 Å². The SMILES string of the molecule is Cc1nn(CC(F)F)c(C)c1C(=O)NC1Cc2ccc(Cl)cc2C1. The largest absolute Gasteiger partial charge is 0.349 e. The summed E-state index contributed by atoms with van der Waals surface area (Å²) in [6.07, 6.45) is -1.06. The molecule has 1 N–H and O–H groups in total. The third kappa shape index (κ3) is 3.29. The fourth-order valence-corrected chi connectivity index (χ4v) is 3.48. The molecule has 128 valence electrons. The van der Waals surface area contributed by atoms with Crippen molar-refractivity contribution in [2.75, 3.05) is 0 Å². The average molecular weight is 354 g/mol. The Morgan fingerprint density at radius 2 is 2.08 bits per heavy atom. The highest BCUT2D eigenvalue weighted by Gasteiger charge is 2.26. The molecule has 0 saturated heterocycles. The van der Waals surface area contributed by atoms with Gasteiger partial charge in [0, 0.05) is 16.8 Å². The number of nitrogens with one attached hydrogen (secondary N) is 1. The smallest absolute Gasteiger partial charge is 0.257 e. The van der Waals surface area contributed by atoms with Crippen LogP contribution in [-0.4, -0.2) is 28.2 Å². The second-order valence-electron chi connectivity index (χ2n) is 6.11. The number of rotatable bonds is 4. The summed E-state index contributed by atoms with van der Waals surface area (Å²) >= 11 is 6.00. The van der Waals surface area contributed by atoms with E-state index in [4.69, 9.17) is 11.6 Å². The molecule has 1 atom stereocenters. The minimum Gasteiger partial charge on any atom is -0.349 e. The fourth-order valence-electron chi connectivity index (χ4n) is 3.28. The number of alkyl halides is 2. The van der Waals surface area contributed by atoms with Gasteiger partial charge in [0.05, 0.1) is 11.3 Å². The van der Waals surface area contributed by atoms with E-state index >= 15 is 0 Å². The Morgan fingerprint density at radius 3 is 2.79 bits per heavy atom. The minimum absolute atomic E-state index is 0.0248. The lowest BCUT2D eigenvalue weighted by molar-refractivity contribution is 0.0935. The van der Waals surface area contributed by atoms with E-state index in [1.165, 1.54) is 10.2 Å². The zero-order chi connectivity index (χ0) is 17.4. The number of nitrogens with zero attached hydrogens (tertiary/aromatic N) is 2. The number of benzene rings is 1. The number of amides is 1. The summed E-state index contributed by atoms with van der Waals surface area (Å²) in [5.74, 6) is -0.269. The van der Waals surface area contributed by atoms with Gasteiger partial charge in [0.15, 0.2) is 0 Å². The normalized spacial score (nSPS) is 16.5. The Hall–Kier alpha value is -1.95. The highest BCUT2D eigenvalue weighted by molar-refractivity contribution is 6.30. The lowest BCUT2D eigenvalue weighted by Gasteiger charge is -2.12. The molecule has 1 aromatic carbocycles. The highest BCUT2D eigenvalue weighted by Crippen LogP contribution is 2.26. The van der Waals surface area contributed by atoms with E-state index in [1.54, 1.807) is 13.8 Å². The van der Waals surface area contributed by atoms with Crippen LogP contribution in [0.2, 0.25) is 5.02 Å². The van der Waals surface area contributed by atoms with Crippen LogP contribution in [0.15, 0.2) is 18.2 Å². The topological polar surface area (TPSA) is 46.9 Å². The predicted molar refractivity (Wildman–Crippen MR) is 87.8 cm³/mol. The number of aromatic nitrogens is 2. The van der Waals surface area contributed by atoms with Gasteiger partial charge in [0.25, 0.3) is 12.3 Å². The molecule has 0 aliphatic heterocycles. The van der Waals surface area contributed by atoms with Crippen molar-refractivity contribution in [1.29, 1.82) is 0 Å². The molecule has 3 rings (SSSR count). The number of aryl methyl sites for hydroxylation is 1. The van der Waals surface area contributed by atoms with Crippen molar-refractivity contribution in [2.45, 2.75) is 45.7 Å². The second-order valence-corrected chi connectivity index (χ2v) is 6.55. The van der Waals surface area contributed by atoms with Gasteiger partial charge in [-0.3, -0.25) is 9.48 Å². The molecule has 1 amide bonds. The number of carbonyl (C=O) groups excluding carboxylic acids is 1. The average Bonchev–Trinajstić information content (AvgIpc) is 2.98. The first-order chi connectivity index (χ1) is 11.3. The first-order valence-corrected chi connectivity index (χ1v) is 8.13. The van der Waals surface area contributed by atoms with E-state index in [-0.39, 0.29) is 11.9 Å².